The molecule has 4 aliphatic carbocycles. The van der Waals surface area contributed by atoms with E-state index in [0.29, 0.717) is 13.0 Å². The highest BCUT2D eigenvalue weighted by Gasteiger charge is 2.56. The standard InChI is InChI=1S/C20H32N2O3/c1-2-16(12-23)21-18(24)17-4-3-5-22(17)19(25)20-9-13-6-14(10-20)8-15(7-13)11-20/h13-17,23H,2-12H2,1H3,(H,21,24). The van der Waals surface area contributed by atoms with Crippen LogP contribution < -0.4 is 5.32 Å². The third-order valence-corrected chi connectivity index (χ3v) is 7.37. The minimum absolute atomic E-state index is 0.0438. The van der Waals surface area contributed by atoms with Gasteiger partial charge in [-0.3, -0.25) is 9.59 Å². The van der Waals surface area contributed by atoms with Gasteiger partial charge in [-0.05, 0) is 75.5 Å². The monoisotopic (exact) mass is 348 g/mol. The molecule has 5 nitrogen and oxygen atoms in total. The van der Waals surface area contributed by atoms with Crippen molar-refractivity contribution in [2.75, 3.05) is 13.2 Å². The van der Waals surface area contributed by atoms with Gasteiger partial charge in [0.05, 0.1) is 18.1 Å². The van der Waals surface area contributed by atoms with Crippen molar-refractivity contribution < 1.29 is 14.7 Å². The molecule has 1 heterocycles. The average molecular weight is 348 g/mol. The summed E-state index contributed by atoms with van der Waals surface area (Å²) in [6.45, 7) is 2.63. The van der Waals surface area contributed by atoms with Gasteiger partial charge >= 0.3 is 0 Å². The van der Waals surface area contributed by atoms with Crippen LogP contribution in [0.25, 0.3) is 0 Å². The second-order valence-corrected chi connectivity index (χ2v) is 9.15. The van der Waals surface area contributed by atoms with Crippen LogP contribution >= 0.6 is 0 Å². The third-order valence-electron chi connectivity index (χ3n) is 7.37. The summed E-state index contributed by atoms with van der Waals surface area (Å²) < 4.78 is 0. The van der Waals surface area contributed by atoms with E-state index in [1.807, 2.05) is 11.8 Å². The lowest BCUT2D eigenvalue weighted by Crippen LogP contribution is -2.57. The molecule has 5 fully saturated rings. The molecule has 2 N–H and O–H groups in total. The number of nitrogens with zero attached hydrogens (tertiary/aromatic N) is 1. The minimum atomic E-state index is -0.332. The quantitative estimate of drug-likeness (QED) is 0.799. The highest BCUT2D eigenvalue weighted by molar-refractivity contribution is 5.91. The number of hydrogen-bond donors (Lipinski definition) is 2. The molecular weight excluding hydrogens is 316 g/mol. The second kappa shape index (κ2) is 6.57. The fraction of sp³-hybridized carbons (Fsp3) is 0.900. The lowest BCUT2D eigenvalue weighted by atomic mass is 9.49. The molecule has 1 saturated heterocycles. The molecule has 0 aromatic carbocycles. The molecule has 5 heteroatoms. The molecule has 2 amide bonds. The van der Waals surface area contributed by atoms with Crippen LogP contribution in [-0.2, 0) is 9.59 Å². The van der Waals surface area contributed by atoms with Crippen molar-refractivity contribution in [2.45, 2.75) is 76.8 Å². The van der Waals surface area contributed by atoms with Gasteiger partial charge < -0.3 is 15.3 Å². The number of carbonyl (C=O) groups is 2. The molecule has 5 rings (SSSR count). The van der Waals surface area contributed by atoms with Crippen molar-refractivity contribution in [2.24, 2.45) is 23.2 Å². The Balaban J connectivity index is 1.48. The van der Waals surface area contributed by atoms with Crippen molar-refractivity contribution in [3.8, 4) is 0 Å². The average Bonchev–Trinajstić information content (AvgIpc) is 3.07. The van der Waals surface area contributed by atoms with Gasteiger partial charge in [0.15, 0.2) is 0 Å². The van der Waals surface area contributed by atoms with Crippen LogP contribution in [-0.4, -0.2) is 47.1 Å². The Bertz CT molecular complexity index is 508. The lowest BCUT2D eigenvalue weighted by molar-refractivity contribution is -0.160. The van der Waals surface area contributed by atoms with E-state index in [2.05, 4.69) is 5.32 Å². The van der Waals surface area contributed by atoms with Crippen molar-refractivity contribution in [1.82, 2.24) is 10.2 Å². The third kappa shape index (κ3) is 2.98. The van der Waals surface area contributed by atoms with Crippen molar-refractivity contribution in [3.05, 3.63) is 0 Å². The molecule has 1 aliphatic heterocycles. The maximum Gasteiger partial charge on any atom is 0.243 e. The number of carbonyl (C=O) groups excluding carboxylic acids is 2. The van der Waals surface area contributed by atoms with Gasteiger partial charge in [-0.1, -0.05) is 6.92 Å². The largest absolute Gasteiger partial charge is 0.394 e. The normalized spacial score (nSPS) is 40.3. The number of hydrogen-bond acceptors (Lipinski definition) is 3. The smallest absolute Gasteiger partial charge is 0.243 e. The van der Waals surface area contributed by atoms with E-state index in [1.54, 1.807) is 0 Å². The van der Waals surface area contributed by atoms with E-state index in [4.69, 9.17) is 0 Å². The summed E-state index contributed by atoms with van der Waals surface area (Å²) in [5, 5.41) is 12.3. The van der Waals surface area contributed by atoms with E-state index in [9.17, 15) is 14.7 Å². The van der Waals surface area contributed by atoms with E-state index in [0.717, 1.165) is 49.9 Å². The Kier molecular flexibility index (Phi) is 4.55. The first kappa shape index (κ1) is 17.3. The number of aliphatic hydroxyl groups excluding tert-OH is 1. The van der Waals surface area contributed by atoms with Crippen LogP contribution in [0.15, 0.2) is 0 Å². The minimum Gasteiger partial charge on any atom is -0.394 e. The summed E-state index contributed by atoms with van der Waals surface area (Å²) in [6.07, 6.45) is 9.50. The van der Waals surface area contributed by atoms with Crippen molar-refractivity contribution in [3.63, 3.8) is 0 Å². The SMILES string of the molecule is CCC(CO)NC(=O)C1CCCN1C(=O)C12CC3CC(CC(C3)C1)C2. The molecule has 2 atom stereocenters. The van der Waals surface area contributed by atoms with Gasteiger partial charge in [-0.25, -0.2) is 0 Å². The Morgan fingerprint density at radius 2 is 1.76 bits per heavy atom. The molecule has 2 unspecified atom stereocenters. The molecule has 4 saturated carbocycles. The number of likely N-dealkylation sites (tertiary alicyclic amines) is 1. The van der Waals surface area contributed by atoms with Crippen LogP contribution in [0.5, 0.6) is 0 Å². The van der Waals surface area contributed by atoms with E-state index in [1.165, 1.54) is 19.3 Å². The van der Waals surface area contributed by atoms with Crippen molar-refractivity contribution >= 4 is 11.8 Å². The zero-order valence-corrected chi connectivity index (χ0v) is 15.4. The molecule has 0 spiro atoms. The first-order valence-corrected chi connectivity index (χ1v) is 10.3. The Hall–Kier alpha value is -1.10. The highest BCUT2D eigenvalue weighted by atomic mass is 16.3. The summed E-state index contributed by atoms with van der Waals surface area (Å²) in [5.74, 6) is 2.41. The predicted molar refractivity (Wildman–Crippen MR) is 94.6 cm³/mol. The molecule has 5 aliphatic rings. The molecular formula is C20H32N2O3. The molecule has 25 heavy (non-hydrogen) atoms. The van der Waals surface area contributed by atoms with Gasteiger partial charge in [-0.2, -0.15) is 0 Å². The summed E-state index contributed by atoms with van der Waals surface area (Å²) in [4.78, 5) is 28.1. The predicted octanol–water partition coefficient (Wildman–Crippen LogP) is 2.08. The van der Waals surface area contributed by atoms with Gasteiger partial charge in [0, 0.05) is 6.54 Å². The Morgan fingerprint density at radius 1 is 1.16 bits per heavy atom. The van der Waals surface area contributed by atoms with E-state index >= 15 is 0 Å². The van der Waals surface area contributed by atoms with E-state index < -0.39 is 0 Å². The van der Waals surface area contributed by atoms with Gasteiger partial charge in [0.1, 0.15) is 6.04 Å². The van der Waals surface area contributed by atoms with Crippen LogP contribution in [0.1, 0.15) is 64.7 Å². The Labute approximate surface area is 150 Å². The second-order valence-electron chi connectivity index (χ2n) is 9.15. The first-order valence-electron chi connectivity index (χ1n) is 10.3. The van der Waals surface area contributed by atoms with Crippen molar-refractivity contribution in [1.29, 1.82) is 0 Å². The summed E-state index contributed by atoms with van der Waals surface area (Å²) in [6, 6.07) is -0.536. The molecule has 0 radical (unpaired) electrons. The van der Waals surface area contributed by atoms with Crippen LogP contribution in [0, 0.1) is 23.2 Å². The number of aliphatic hydroxyl groups is 1. The number of nitrogens with one attached hydrogen (secondary N) is 1. The fourth-order valence-electron chi connectivity index (χ4n) is 6.53. The fourth-order valence-corrected chi connectivity index (χ4v) is 6.53. The van der Waals surface area contributed by atoms with Crippen LogP contribution in [0.4, 0.5) is 0 Å². The maximum absolute atomic E-state index is 13.5. The van der Waals surface area contributed by atoms with E-state index in [-0.39, 0.29) is 35.9 Å². The van der Waals surface area contributed by atoms with Crippen LogP contribution in [0.2, 0.25) is 0 Å². The van der Waals surface area contributed by atoms with Gasteiger partial charge in [0.2, 0.25) is 11.8 Å². The zero-order chi connectivity index (χ0) is 17.6. The van der Waals surface area contributed by atoms with Gasteiger partial charge in [-0.15, -0.1) is 0 Å². The summed E-state index contributed by atoms with van der Waals surface area (Å²) in [7, 11) is 0. The molecule has 0 aromatic rings. The first-order chi connectivity index (χ1) is 12.0. The molecule has 0 aromatic heterocycles. The summed E-state index contributed by atoms with van der Waals surface area (Å²) in [5.41, 5.74) is -0.168. The van der Waals surface area contributed by atoms with Gasteiger partial charge in [0.25, 0.3) is 0 Å². The van der Waals surface area contributed by atoms with Crippen LogP contribution in [0.3, 0.4) is 0 Å². The Morgan fingerprint density at radius 3 is 2.28 bits per heavy atom. The summed E-state index contributed by atoms with van der Waals surface area (Å²) >= 11 is 0. The molecule has 140 valence electrons. The maximum atomic E-state index is 13.5. The topological polar surface area (TPSA) is 69.6 Å². The lowest BCUT2D eigenvalue weighted by Gasteiger charge is -2.56. The zero-order valence-electron chi connectivity index (χ0n) is 15.4. The molecule has 4 bridgehead atoms. The number of rotatable bonds is 5. The number of amides is 2. The highest BCUT2D eigenvalue weighted by Crippen LogP contribution is 2.60.